The SMILES string of the molecule is CSc1ccccc1C(N)c1ccc(Br)o1. The van der Waals surface area contributed by atoms with E-state index in [2.05, 4.69) is 22.0 Å². The molecule has 2 N–H and O–H groups in total. The third-order valence-corrected chi connectivity index (χ3v) is 3.61. The first kappa shape index (κ1) is 11.8. The van der Waals surface area contributed by atoms with E-state index in [9.17, 15) is 0 Å². The Morgan fingerprint density at radius 3 is 2.62 bits per heavy atom. The van der Waals surface area contributed by atoms with Gasteiger partial charge in [0.25, 0.3) is 0 Å². The molecule has 2 rings (SSSR count). The van der Waals surface area contributed by atoms with Gasteiger partial charge in [0.15, 0.2) is 4.67 Å². The summed E-state index contributed by atoms with van der Waals surface area (Å²) in [6.45, 7) is 0. The second-order valence-corrected chi connectivity index (χ2v) is 4.99. The average Bonchev–Trinajstić information content (AvgIpc) is 2.75. The molecule has 0 spiro atoms. The molecule has 0 aliphatic carbocycles. The van der Waals surface area contributed by atoms with Crippen LogP contribution in [0.3, 0.4) is 0 Å². The first-order valence-corrected chi connectivity index (χ1v) is 6.88. The van der Waals surface area contributed by atoms with Crippen LogP contribution in [0.25, 0.3) is 0 Å². The smallest absolute Gasteiger partial charge is 0.169 e. The molecule has 84 valence electrons. The molecule has 0 saturated heterocycles. The molecule has 0 amide bonds. The van der Waals surface area contributed by atoms with E-state index in [4.69, 9.17) is 10.2 Å². The molecule has 1 atom stereocenters. The van der Waals surface area contributed by atoms with Crippen molar-refractivity contribution in [3.05, 3.63) is 52.4 Å². The molecule has 2 aromatic rings. The Morgan fingerprint density at radius 2 is 2.00 bits per heavy atom. The van der Waals surface area contributed by atoms with Gasteiger partial charge in [-0.3, -0.25) is 0 Å². The predicted octanol–water partition coefficient (Wildman–Crippen LogP) is 3.81. The van der Waals surface area contributed by atoms with Crippen molar-refractivity contribution in [3.8, 4) is 0 Å². The summed E-state index contributed by atoms with van der Waals surface area (Å²) in [7, 11) is 0. The highest BCUT2D eigenvalue weighted by Gasteiger charge is 2.15. The second-order valence-electron chi connectivity index (χ2n) is 3.36. The van der Waals surface area contributed by atoms with Gasteiger partial charge in [0.2, 0.25) is 0 Å². The van der Waals surface area contributed by atoms with Gasteiger partial charge in [-0.2, -0.15) is 0 Å². The molecule has 0 aliphatic rings. The summed E-state index contributed by atoms with van der Waals surface area (Å²) in [5.41, 5.74) is 7.27. The van der Waals surface area contributed by atoms with Crippen molar-refractivity contribution < 1.29 is 4.42 Å². The number of benzene rings is 1. The molecule has 2 nitrogen and oxygen atoms in total. The van der Waals surface area contributed by atoms with E-state index >= 15 is 0 Å². The van der Waals surface area contributed by atoms with Gasteiger partial charge in [-0.25, -0.2) is 0 Å². The lowest BCUT2D eigenvalue weighted by Gasteiger charge is -2.12. The van der Waals surface area contributed by atoms with Gasteiger partial charge in [-0.05, 0) is 45.9 Å². The van der Waals surface area contributed by atoms with Gasteiger partial charge >= 0.3 is 0 Å². The van der Waals surface area contributed by atoms with E-state index in [0.717, 1.165) is 11.3 Å². The van der Waals surface area contributed by atoms with Crippen molar-refractivity contribution in [2.75, 3.05) is 6.26 Å². The molecule has 0 bridgehead atoms. The summed E-state index contributed by atoms with van der Waals surface area (Å²) < 4.78 is 6.19. The van der Waals surface area contributed by atoms with E-state index < -0.39 is 0 Å². The quantitative estimate of drug-likeness (QED) is 0.876. The maximum Gasteiger partial charge on any atom is 0.169 e. The highest BCUT2D eigenvalue weighted by molar-refractivity contribution is 9.10. The summed E-state index contributed by atoms with van der Waals surface area (Å²) in [5.74, 6) is 0.772. The van der Waals surface area contributed by atoms with E-state index in [-0.39, 0.29) is 6.04 Å². The van der Waals surface area contributed by atoms with Crippen LogP contribution in [0.1, 0.15) is 17.4 Å². The molecule has 0 aliphatic heterocycles. The normalized spacial score (nSPS) is 12.7. The summed E-state index contributed by atoms with van der Waals surface area (Å²) in [4.78, 5) is 1.18. The molecule has 1 aromatic carbocycles. The molecule has 16 heavy (non-hydrogen) atoms. The van der Waals surface area contributed by atoms with Crippen molar-refractivity contribution in [1.82, 2.24) is 0 Å². The van der Waals surface area contributed by atoms with Crippen molar-refractivity contribution in [1.29, 1.82) is 0 Å². The van der Waals surface area contributed by atoms with Crippen molar-refractivity contribution >= 4 is 27.7 Å². The van der Waals surface area contributed by atoms with Crippen molar-refractivity contribution in [2.24, 2.45) is 5.73 Å². The molecule has 1 heterocycles. The van der Waals surface area contributed by atoms with Crippen LogP contribution in [0, 0.1) is 0 Å². The van der Waals surface area contributed by atoms with Gasteiger partial charge in [0, 0.05) is 4.90 Å². The third kappa shape index (κ3) is 2.34. The van der Waals surface area contributed by atoms with Crippen LogP contribution in [-0.2, 0) is 0 Å². The number of rotatable bonds is 3. The topological polar surface area (TPSA) is 39.2 Å². The van der Waals surface area contributed by atoms with Gasteiger partial charge in [-0.1, -0.05) is 18.2 Å². The third-order valence-electron chi connectivity index (χ3n) is 2.37. The molecular weight excluding hydrogens is 286 g/mol. The van der Waals surface area contributed by atoms with E-state index in [1.807, 2.05) is 36.6 Å². The first-order chi connectivity index (χ1) is 7.72. The van der Waals surface area contributed by atoms with Crippen molar-refractivity contribution in [3.63, 3.8) is 0 Å². The monoisotopic (exact) mass is 297 g/mol. The van der Waals surface area contributed by atoms with Crippen LogP contribution in [0.5, 0.6) is 0 Å². The second kappa shape index (κ2) is 5.08. The zero-order valence-corrected chi connectivity index (χ0v) is 11.2. The number of nitrogens with two attached hydrogens (primary N) is 1. The Kier molecular flexibility index (Phi) is 3.74. The van der Waals surface area contributed by atoms with Crippen molar-refractivity contribution in [2.45, 2.75) is 10.9 Å². The molecular formula is C12H12BrNOS. The molecule has 1 aromatic heterocycles. The molecule has 4 heteroatoms. The van der Waals surface area contributed by atoms with Gasteiger partial charge in [0.05, 0.1) is 6.04 Å². The fraction of sp³-hybridized carbons (Fsp3) is 0.167. The number of thioether (sulfide) groups is 1. The lowest BCUT2D eigenvalue weighted by molar-refractivity contribution is 0.468. The Morgan fingerprint density at radius 1 is 1.25 bits per heavy atom. The lowest BCUT2D eigenvalue weighted by Crippen LogP contribution is -2.11. The standard InChI is InChI=1S/C12H12BrNOS/c1-16-10-5-3-2-4-8(10)12(14)9-6-7-11(13)15-9/h2-7,12H,14H2,1H3. The minimum Gasteiger partial charge on any atom is -0.452 e. The maximum atomic E-state index is 6.18. The fourth-order valence-electron chi connectivity index (χ4n) is 1.57. The van der Waals surface area contributed by atoms with E-state index in [0.29, 0.717) is 4.67 Å². The summed E-state index contributed by atoms with van der Waals surface area (Å²) >= 11 is 4.97. The fourth-order valence-corrected chi connectivity index (χ4v) is 2.54. The van der Waals surface area contributed by atoms with E-state index in [1.165, 1.54) is 4.90 Å². The summed E-state index contributed by atoms with van der Waals surface area (Å²) in [6.07, 6.45) is 2.05. The van der Waals surface area contributed by atoms with Gasteiger partial charge in [0.1, 0.15) is 5.76 Å². The van der Waals surface area contributed by atoms with Crippen LogP contribution in [0.2, 0.25) is 0 Å². The number of halogens is 1. The van der Waals surface area contributed by atoms with Crippen LogP contribution in [-0.4, -0.2) is 6.26 Å². The van der Waals surface area contributed by atoms with Gasteiger partial charge in [-0.15, -0.1) is 11.8 Å². The Balaban J connectivity index is 2.36. The molecule has 0 saturated carbocycles. The number of furan rings is 1. The van der Waals surface area contributed by atoms with Crippen LogP contribution < -0.4 is 5.73 Å². The zero-order chi connectivity index (χ0) is 11.5. The average molecular weight is 298 g/mol. The largest absolute Gasteiger partial charge is 0.452 e. The number of hydrogen-bond acceptors (Lipinski definition) is 3. The predicted molar refractivity (Wildman–Crippen MR) is 70.7 cm³/mol. The maximum absolute atomic E-state index is 6.18. The Hall–Kier alpha value is -0.710. The van der Waals surface area contributed by atoms with Crippen LogP contribution >= 0.6 is 27.7 Å². The Labute approximate surface area is 107 Å². The highest BCUT2D eigenvalue weighted by atomic mass is 79.9. The van der Waals surface area contributed by atoms with Gasteiger partial charge < -0.3 is 10.2 Å². The molecule has 1 unspecified atom stereocenters. The number of hydrogen-bond donors (Lipinski definition) is 1. The summed E-state index contributed by atoms with van der Waals surface area (Å²) in [6, 6.07) is 11.6. The molecule has 0 fully saturated rings. The lowest BCUT2D eigenvalue weighted by atomic mass is 10.1. The van der Waals surface area contributed by atoms with E-state index in [1.54, 1.807) is 11.8 Å². The first-order valence-electron chi connectivity index (χ1n) is 4.86. The van der Waals surface area contributed by atoms with Crippen LogP contribution in [0.15, 0.2) is 50.4 Å². The zero-order valence-electron chi connectivity index (χ0n) is 8.81. The minimum atomic E-state index is -0.213. The van der Waals surface area contributed by atoms with Crippen LogP contribution in [0.4, 0.5) is 0 Å². The Bertz CT molecular complexity index is 483. The summed E-state index contributed by atoms with van der Waals surface area (Å²) in [5, 5.41) is 0. The molecule has 0 radical (unpaired) electrons. The minimum absolute atomic E-state index is 0.213. The highest BCUT2D eigenvalue weighted by Crippen LogP contribution is 2.30.